The molecule has 2 rings (SSSR count). The molecule has 1 amide bonds. The van der Waals surface area contributed by atoms with E-state index in [0.29, 0.717) is 24.2 Å². The Morgan fingerprint density at radius 1 is 1.38 bits per heavy atom. The van der Waals surface area contributed by atoms with E-state index in [4.69, 9.17) is 5.73 Å². The molecule has 1 unspecified atom stereocenters. The zero-order valence-corrected chi connectivity index (χ0v) is 13.1. The minimum absolute atomic E-state index is 0.179. The lowest BCUT2D eigenvalue weighted by atomic mass is 10.0. The number of nitrogens with zero attached hydrogens (tertiary/aromatic N) is 1. The summed E-state index contributed by atoms with van der Waals surface area (Å²) in [6.45, 7) is 2.04. The zero-order valence-electron chi connectivity index (χ0n) is 12.3. The Kier molecular flexibility index (Phi) is 4.53. The summed E-state index contributed by atoms with van der Waals surface area (Å²) in [6.07, 6.45) is 2.15. The van der Waals surface area contributed by atoms with Crippen LogP contribution in [0.15, 0.2) is 23.1 Å². The Hall–Kier alpha value is -1.60. The van der Waals surface area contributed by atoms with E-state index in [2.05, 4.69) is 5.32 Å². The van der Waals surface area contributed by atoms with Crippen LogP contribution < -0.4 is 11.1 Å². The summed E-state index contributed by atoms with van der Waals surface area (Å²) in [5, 5.41) is 2.54. The predicted molar refractivity (Wildman–Crippen MR) is 81.2 cm³/mol. The molecule has 116 valence electrons. The fourth-order valence-corrected chi connectivity index (χ4v) is 4.57. The Labute approximate surface area is 125 Å². The molecular formula is C14H21N3O3S. The maximum atomic E-state index is 12.9. The van der Waals surface area contributed by atoms with Crippen LogP contribution in [0.5, 0.6) is 0 Å². The number of nitrogens with one attached hydrogen (secondary N) is 1. The van der Waals surface area contributed by atoms with Crippen LogP contribution in [0.4, 0.5) is 5.69 Å². The maximum Gasteiger partial charge on any atom is 0.244 e. The third kappa shape index (κ3) is 2.89. The number of nitrogens with two attached hydrogens (primary N) is 1. The highest BCUT2D eigenvalue weighted by atomic mass is 32.2. The lowest BCUT2D eigenvalue weighted by molar-refractivity contribution is -0.125. The molecule has 1 atom stereocenters. The summed E-state index contributed by atoms with van der Waals surface area (Å²) in [4.78, 5) is 12.1. The monoisotopic (exact) mass is 311 g/mol. The number of likely N-dealkylation sites (N-methyl/N-ethyl adjacent to an activating group) is 1. The molecule has 1 heterocycles. The molecule has 0 aliphatic carbocycles. The first kappa shape index (κ1) is 15.8. The van der Waals surface area contributed by atoms with Gasteiger partial charge in [-0.2, -0.15) is 4.31 Å². The number of benzene rings is 1. The van der Waals surface area contributed by atoms with Gasteiger partial charge in [-0.05, 0) is 37.5 Å². The smallest absolute Gasteiger partial charge is 0.244 e. The summed E-state index contributed by atoms with van der Waals surface area (Å²) in [5.74, 6) is -0.264. The lowest BCUT2D eigenvalue weighted by Crippen LogP contribution is -2.51. The van der Waals surface area contributed by atoms with Gasteiger partial charge in [-0.25, -0.2) is 8.42 Å². The molecule has 0 radical (unpaired) electrons. The van der Waals surface area contributed by atoms with Crippen LogP contribution in [0, 0.1) is 6.92 Å². The van der Waals surface area contributed by atoms with Gasteiger partial charge >= 0.3 is 0 Å². The molecule has 6 nitrogen and oxygen atoms in total. The van der Waals surface area contributed by atoms with E-state index in [1.54, 1.807) is 19.1 Å². The molecule has 0 spiro atoms. The van der Waals surface area contributed by atoms with E-state index in [1.807, 2.05) is 0 Å². The summed E-state index contributed by atoms with van der Waals surface area (Å²) in [6, 6.07) is 4.18. The number of carbonyl (C=O) groups excluding carboxylic acids is 1. The van der Waals surface area contributed by atoms with Crippen LogP contribution in [-0.4, -0.2) is 38.3 Å². The number of hydrogen-bond acceptors (Lipinski definition) is 4. The van der Waals surface area contributed by atoms with Gasteiger partial charge in [-0.3, -0.25) is 4.79 Å². The van der Waals surface area contributed by atoms with Gasteiger partial charge in [-0.1, -0.05) is 12.5 Å². The van der Waals surface area contributed by atoms with Crippen molar-refractivity contribution in [2.24, 2.45) is 0 Å². The molecule has 7 heteroatoms. The molecule has 0 bridgehead atoms. The van der Waals surface area contributed by atoms with Gasteiger partial charge in [0.25, 0.3) is 0 Å². The Morgan fingerprint density at radius 2 is 2.10 bits per heavy atom. The molecule has 1 aliphatic rings. The molecule has 1 aromatic carbocycles. The van der Waals surface area contributed by atoms with Crippen LogP contribution in [0.2, 0.25) is 0 Å². The van der Waals surface area contributed by atoms with Crippen LogP contribution >= 0.6 is 0 Å². The minimum Gasteiger partial charge on any atom is -0.398 e. The molecule has 3 N–H and O–H groups in total. The van der Waals surface area contributed by atoms with E-state index >= 15 is 0 Å². The standard InChI is InChI=1S/C14H21N3O3S/c1-10-11(15)6-5-8-13(10)21(19,20)17-9-4-3-7-12(17)14(18)16-2/h5-6,8,12H,3-4,7,9,15H2,1-2H3,(H,16,18). The fraction of sp³-hybridized carbons (Fsp3) is 0.500. The van der Waals surface area contributed by atoms with Crippen LogP contribution in [0.3, 0.4) is 0 Å². The Bertz CT molecular complexity index is 643. The number of nitrogen functional groups attached to an aromatic ring is 1. The quantitative estimate of drug-likeness (QED) is 0.810. The number of anilines is 1. The number of carbonyl (C=O) groups is 1. The summed E-state index contributed by atoms with van der Waals surface area (Å²) >= 11 is 0. The average Bonchev–Trinajstić information content (AvgIpc) is 2.49. The van der Waals surface area contributed by atoms with E-state index < -0.39 is 16.1 Å². The van der Waals surface area contributed by atoms with Crippen molar-refractivity contribution in [1.29, 1.82) is 0 Å². The van der Waals surface area contributed by atoms with Crippen molar-refractivity contribution in [3.05, 3.63) is 23.8 Å². The van der Waals surface area contributed by atoms with Crippen LogP contribution in [0.25, 0.3) is 0 Å². The van der Waals surface area contributed by atoms with Gasteiger partial charge in [-0.15, -0.1) is 0 Å². The van der Waals surface area contributed by atoms with E-state index in [0.717, 1.165) is 12.8 Å². The van der Waals surface area contributed by atoms with E-state index in [9.17, 15) is 13.2 Å². The summed E-state index contributed by atoms with van der Waals surface area (Å²) < 4.78 is 27.1. The predicted octanol–water partition coefficient (Wildman–Crippen LogP) is 0.866. The molecule has 1 saturated heterocycles. The van der Waals surface area contributed by atoms with Gasteiger partial charge in [0.2, 0.25) is 15.9 Å². The first-order valence-corrected chi connectivity index (χ1v) is 8.42. The third-order valence-electron chi connectivity index (χ3n) is 3.92. The highest BCUT2D eigenvalue weighted by Gasteiger charge is 2.37. The van der Waals surface area contributed by atoms with Crippen LogP contribution in [0.1, 0.15) is 24.8 Å². The third-order valence-corrected chi connectivity index (χ3v) is 5.97. The van der Waals surface area contributed by atoms with Gasteiger partial charge < -0.3 is 11.1 Å². The van der Waals surface area contributed by atoms with E-state index in [1.165, 1.54) is 17.4 Å². The average molecular weight is 311 g/mol. The van der Waals surface area contributed by atoms with Crippen molar-refractivity contribution in [2.45, 2.75) is 37.1 Å². The number of sulfonamides is 1. The van der Waals surface area contributed by atoms with Gasteiger partial charge in [0.05, 0.1) is 4.90 Å². The summed E-state index contributed by atoms with van der Waals surface area (Å²) in [5.41, 5.74) is 6.77. The molecular weight excluding hydrogens is 290 g/mol. The van der Waals surface area contributed by atoms with Crippen molar-refractivity contribution in [3.63, 3.8) is 0 Å². The molecule has 0 saturated carbocycles. The van der Waals surface area contributed by atoms with E-state index in [-0.39, 0.29) is 10.8 Å². The van der Waals surface area contributed by atoms with Crippen LogP contribution in [-0.2, 0) is 14.8 Å². The fourth-order valence-electron chi connectivity index (χ4n) is 2.66. The summed E-state index contributed by atoms with van der Waals surface area (Å²) in [7, 11) is -2.21. The normalized spacial score (nSPS) is 20.2. The van der Waals surface area contributed by atoms with Gasteiger partial charge in [0.1, 0.15) is 6.04 Å². The number of amides is 1. The molecule has 1 aromatic rings. The second-order valence-electron chi connectivity index (χ2n) is 5.21. The molecule has 1 aliphatic heterocycles. The molecule has 0 aromatic heterocycles. The molecule has 21 heavy (non-hydrogen) atoms. The van der Waals surface area contributed by atoms with Crippen molar-refractivity contribution < 1.29 is 13.2 Å². The highest BCUT2D eigenvalue weighted by molar-refractivity contribution is 7.89. The van der Waals surface area contributed by atoms with Gasteiger partial charge in [0.15, 0.2) is 0 Å². The first-order valence-electron chi connectivity index (χ1n) is 6.98. The van der Waals surface area contributed by atoms with Crippen molar-refractivity contribution in [3.8, 4) is 0 Å². The largest absolute Gasteiger partial charge is 0.398 e. The topological polar surface area (TPSA) is 92.5 Å². The second-order valence-corrected chi connectivity index (χ2v) is 7.07. The SMILES string of the molecule is CNC(=O)C1CCCCN1S(=O)(=O)c1cccc(N)c1C. The zero-order chi connectivity index (χ0) is 15.6. The Morgan fingerprint density at radius 3 is 2.76 bits per heavy atom. The number of piperidine rings is 1. The maximum absolute atomic E-state index is 12.9. The van der Waals surface area contributed by atoms with Crippen molar-refractivity contribution in [2.75, 3.05) is 19.3 Å². The Balaban J connectivity index is 2.46. The number of rotatable bonds is 3. The van der Waals surface area contributed by atoms with Crippen molar-refractivity contribution >= 4 is 21.6 Å². The first-order chi connectivity index (χ1) is 9.89. The van der Waals surface area contributed by atoms with Gasteiger partial charge in [0, 0.05) is 19.3 Å². The lowest BCUT2D eigenvalue weighted by Gasteiger charge is -2.33. The second kappa shape index (κ2) is 6.03. The number of hydrogen-bond donors (Lipinski definition) is 2. The molecule has 1 fully saturated rings. The highest BCUT2D eigenvalue weighted by Crippen LogP contribution is 2.29. The minimum atomic E-state index is -3.73. The van der Waals surface area contributed by atoms with Crippen molar-refractivity contribution in [1.82, 2.24) is 9.62 Å².